The van der Waals surface area contributed by atoms with Crippen LogP contribution in [-0.2, 0) is 0 Å². The number of aromatic nitrogens is 1. The maximum atomic E-state index is 12.8. The summed E-state index contributed by atoms with van der Waals surface area (Å²) in [5.74, 6) is 1.18. The van der Waals surface area contributed by atoms with E-state index in [2.05, 4.69) is 32.5 Å². The lowest BCUT2D eigenvalue weighted by molar-refractivity contribution is 0.0963. The van der Waals surface area contributed by atoms with Gasteiger partial charge in [-0.3, -0.25) is 9.59 Å². The number of nitrogens with zero attached hydrogens (tertiary/aromatic N) is 3. The fourth-order valence-corrected chi connectivity index (χ4v) is 4.41. The van der Waals surface area contributed by atoms with Crippen LogP contribution in [0.15, 0.2) is 79.0 Å². The lowest BCUT2D eigenvalue weighted by atomic mass is 10.0. The van der Waals surface area contributed by atoms with Gasteiger partial charge >= 0.3 is 0 Å². The average Bonchev–Trinajstić information content (AvgIpc) is 2.93. The van der Waals surface area contributed by atoms with Gasteiger partial charge in [0.25, 0.3) is 11.8 Å². The van der Waals surface area contributed by atoms with Crippen LogP contribution in [0.2, 0.25) is 0 Å². The van der Waals surface area contributed by atoms with Crippen LogP contribution in [0.5, 0.6) is 11.5 Å². The normalized spacial score (nSPS) is 13.8. The Balaban J connectivity index is 1.26. The van der Waals surface area contributed by atoms with Crippen LogP contribution in [0, 0.1) is 0 Å². The monoisotopic (exact) mass is 495 g/mol. The van der Waals surface area contributed by atoms with Gasteiger partial charge in [-0.25, -0.2) is 4.98 Å². The molecule has 8 heteroatoms. The molecule has 0 atom stereocenters. The highest BCUT2D eigenvalue weighted by Crippen LogP contribution is 2.28. The Morgan fingerprint density at radius 2 is 1.62 bits per heavy atom. The van der Waals surface area contributed by atoms with E-state index in [0.717, 1.165) is 42.6 Å². The van der Waals surface area contributed by atoms with Crippen LogP contribution in [0.25, 0.3) is 10.8 Å². The molecule has 0 bridgehead atoms. The van der Waals surface area contributed by atoms with Crippen molar-refractivity contribution in [3.8, 4) is 11.5 Å². The summed E-state index contributed by atoms with van der Waals surface area (Å²) in [5, 5.41) is 7.25. The van der Waals surface area contributed by atoms with E-state index in [1.807, 2.05) is 54.6 Å². The topological polar surface area (TPSA) is 86.8 Å². The van der Waals surface area contributed by atoms with E-state index >= 15 is 0 Å². The second kappa shape index (κ2) is 10.7. The molecule has 1 fully saturated rings. The summed E-state index contributed by atoms with van der Waals surface area (Å²) in [6.07, 6.45) is 1.59. The molecule has 188 valence electrons. The molecule has 1 saturated heterocycles. The maximum Gasteiger partial charge on any atom is 0.256 e. The molecule has 1 aliphatic heterocycles. The first-order chi connectivity index (χ1) is 18.0. The molecule has 3 aromatic carbocycles. The van der Waals surface area contributed by atoms with Gasteiger partial charge in [0.05, 0.1) is 0 Å². The van der Waals surface area contributed by atoms with E-state index in [1.165, 1.54) is 0 Å². The summed E-state index contributed by atoms with van der Waals surface area (Å²) in [4.78, 5) is 33.9. The molecular formula is C29H29N5O3. The van der Waals surface area contributed by atoms with Crippen molar-refractivity contribution in [3.05, 3.63) is 90.1 Å². The third kappa shape index (κ3) is 5.54. The smallest absolute Gasteiger partial charge is 0.256 e. The fourth-order valence-electron chi connectivity index (χ4n) is 4.41. The predicted molar refractivity (Wildman–Crippen MR) is 146 cm³/mol. The SMILES string of the molecule is CNC(=O)c1cccc2cc(Oc3ccnc(NC(=O)c4ccc(N5CCN(C)CC5)cc4)c3)ccc12. The Hall–Kier alpha value is -4.43. The highest BCUT2D eigenvalue weighted by Gasteiger charge is 2.15. The average molecular weight is 496 g/mol. The number of amides is 2. The number of carbonyl (C=O) groups is 2. The number of pyridine rings is 1. The van der Waals surface area contributed by atoms with Crippen molar-refractivity contribution in [2.24, 2.45) is 0 Å². The van der Waals surface area contributed by atoms with Crippen LogP contribution in [0.4, 0.5) is 11.5 Å². The van der Waals surface area contributed by atoms with Crippen molar-refractivity contribution in [3.63, 3.8) is 0 Å². The Labute approximate surface area is 215 Å². The molecule has 4 aromatic rings. The quantitative estimate of drug-likeness (QED) is 0.413. The summed E-state index contributed by atoms with van der Waals surface area (Å²) in [7, 11) is 3.74. The number of hydrogen-bond acceptors (Lipinski definition) is 6. The summed E-state index contributed by atoms with van der Waals surface area (Å²) in [5.41, 5.74) is 2.29. The Morgan fingerprint density at radius 1 is 0.865 bits per heavy atom. The zero-order valence-corrected chi connectivity index (χ0v) is 20.9. The third-order valence-corrected chi connectivity index (χ3v) is 6.53. The number of benzene rings is 3. The number of anilines is 2. The zero-order chi connectivity index (χ0) is 25.8. The summed E-state index contributed by atoms with van der Waals surface area (Å²) >= 11 is 0. The molecule has 0 unspecified atom stereocenters. The van der Waals surface area contributed by atoms with Crippen molar-refractivity contribution in [2.75, 3.05) is 50.5 Å². The molecule has 2 amide bonds. The molecule has 0 saturated carbocycles. The number of nitrogens with one attached hydrogen (secondary N) is 2. The second-order valence-corrected chi connectivity index (χ2v) is 9.04. The minimum absolute atomic E-state index is 0.136. The molecule has 5 rings (SSSR count). The first-order valence-corrected chi connectivity index (χ1v) is 12.2. The van der Waals surface area contributed by atoms with Gasteiger partial charge in [-0.05, 0) is 72.4 Å². The van der Waals surface area contributed by atoms with E-state index in [9.17, 15) is 9.59 Å². The van der Waals surface area contributed by atoms with Crippen molar-refractivity contribution in [1.82, 2.24) is 15.2 Å². The van der Waals surface area contributed by atoms with Crippen LogP contribution in [0.3, 0.4) is 0 Å². The Bertz CT molecular complexity index is 1430. The number of ether oxygens (including phenoxy) is 1. The maximum absolute atomic E-state index is 12.8. The van der Waals surface area contributed by atoms with Crippen molar-refractivity contribution in [2.45, 2.75) is 0 Å². The van der Waals surface area contributed by atoms with Gasteiger partial charge in [0.1, 0.15) is 17.3 Å². The van der Waals surface area contributed by atoms with Gasteiger partial charge in [0, 0.05) is 62.3 Å². The van der Waals surface area contributed by atoms with Gasteiger partial charge in [0.2, 0.25) is 0 Å². The number of hydrogen-bond donors (Lipinski definition) is 2. The molecular weight excluding hydrogens is 466 g/mol. The zero-order valence-electron chi connectivity index (χ0n) is 20.9. The van der Waals surface area contributed by atoms with E-state index < -0.39 is 0 Å². The van der Waals surface area contributed by atoms with Crippen molar-refractivity contribution in [1.29, 1.82) is 0 Å². The lowest BCUT2D eigenvalue weighted by Crippen LogP contribution is -2.44. The van der Waals surface area contributed by atoms with Crippen molar-refractivity contribution < 1.29 is 14.3 Å². The van der Waals surface area contributed by atoms with Crippen LogP contribution < -0.4 is 20.3 Å². The Kier molecular flexibility index (Phi) is 7.00. The first-order valence-electron chi connectivity index (χ1n) is 12.2. The number of fused-ring (bicyclic) bond motifs is 1. The minimum Gasteiger partial charge on any atom is -0.457 e. The molecule has 1 aliphatic rings. The van der Waals surface area contributed by atoms with Gasteiger partial charge in [0.15, 0.2) is 0 Å². The van der Waals surface area contributed by atoms with Crippen LogP contribution in [-0.4, -0.2) is 62.0 Å². The predicted octanol–water partition coefficient (Wildman–Crippen LogP) is 4.39. The molecule has 2 N–H and O–H groups in total. The minimum atomic E-state index is -0.234. The van der Waals surface area contributed by atoms with Crippen LogP contribution in [0.1, 0.15) is 20.7 Å². The van der Waals surface area contributed by atoms with Gasteiger partial charge in [-0.2, -0.15) is 0 Å². The van der Waals surface area contributed by atoms with Crippen molar-refractivity contribution >= 4 is 34.1 Å². The lowest BCUT2D eigenvalue weighted by Gasteiger charge is -2.34. The summed E-state index contributed by atoms with van der Waals surface area (Å²) in [6.45, 7) is 4.02. The summed E-state index contributed by atoms with van der Waals surface area (Å²) in [6, 6.07) is 22.2. The second-order valence-electron chi connectivity index (χ2n) is 9.04. The highest BCUT2D eigenvalue weighted by atomic mass is 16.5. The largest absolute Gasteiger partial charge is 0.457 e. The number of piperazine rings is 1. The fraction of sp³-hybridized carbons (Fsp3) is 0.207. The van der Waals surface area contributed by atoms with Gasteiger partial charge in [-0.15, -0.1) is 0 Å². The first kappa shape index (κ1) is 24.3. The van der Waals surface area contributed by atoms with E-state index in [-0.39, 0.29) is 11.8 Å². The molecule has 2 heterocycles. The van der Waals surface area contributed by atoms with Crippen LogP contribution >= 0.6 is 0 Å². The molecule has 1 aromatic heterocycles. The highest BCUT2D eigenvalue weighted by molar-refractivity contribution is 6.07. The number of carbonyl (C=O) groups excluding carboxylic acids is 2. The molecule has 0 spiro atoms. The molecule has 0 radical (unpaired) electrons. The molecule has 8 nitrogen and oxygen atoms in total. The third-order valence-electron chi connectivity index (χ3n) is 6.53. The number of rotatable bonds is 6. The molecule has 0 aliphatic carbocycles. The van der Waals surface area contributed by atoms with E-state index in [1.54, 1.807) is 31.4 Å². The van der Waals surface area contributed by atoms with Gasteiger partial charge in [-0.1, -0.05) is 12.1 Å². The summed E-state index contributed by atoms with van der Waals surface area (Å²) < 4.78 is 6.03. The Morgan fingerprint density at radius 3 is 2.38 bits per heavy atom. The standard InChI is InChI=1S/C29H29N5O3/c1-30-29(36)26-5-3-4-21-18-23(10-11-25(21)26)37-24-12-13-31-27(19-24)32-28(35)20-6-8-22(9-7-20)34-16-14-33(2)15-17-34/h3-13,18-19H,14-17H2,1-2H3,(H,30,36)(H,31,32,35). The van der Waals surface area contributed by atoms with E-state index in [4.69, 9.17) is 4.74 Å². The molecule has 37 heavy (non-hydrogen) atoms. The van der Waals surface area contributed by atoms with E-state index in [0.29, 0.717) is 28.4 Å². The van der Waals surface area contributed by atoms with Gasteiger partial charge < -0.3 is 25.2 Å². The number of likely N-dealkylation sites (N-methyl/N-ethyl adjacent to an activating group) is 1.